The zero-order valence-electron chi connectivity index (χ0n) is 18.2. The number of aromatic amines is 1. The second-order valence-corrected chi connectivity index (χ2v) is 8.19. The molecule has 0 spiro atoms. The van der Waals surface area contributed by atoms with Crippen LogP contribution in [0.1, 0.15) is 36.1 Å². The topological polar surface area (TPSA) is 74.8 Å². The highest BCUT2D eigenvalue weighted by molar-refractivity contribution is 5.92. The van der Waals surface area contributed by atoms with Crippen molar-refractivity contribution in [1.82, 2.24) is 9.88 Å². The van der Waals surface area contributed by atoms with Gasteiger partial charge in [0.15, 0.2) is 0 Å². The molecule has 2 heterocycles. The Balaban J connectivity index is 1.62. The fourth-order valence-corrected chi connectivity index (χ4v) is 5.12. The Morgan fingerprint density at radius 1 is 1.06 bits per heavy atom. The van der Waals surface area contributed by atoms with Gasteiger partial charge in [-0.1, -0.05) is 30.3 Å². The van der Waals surface area contributed by atoms with E-state index in [4.69, 9.17) is 9.47 Å². The lowest BCUT2D eigenvalue weighted by molar-refractivity contribution is -0.144. The van der Waals surface area contributed by atoms with Crippen molar-refractivity contribution in [2.24, 2.45) is 0 Å². The maximum Gasteiger partial charge on any atom is 0.325 e. The first-order chi connectivity index (χ1) is 15.6. The van der Waals surface area contributed by atoms with Gasteiger partial charge < -0.3 is 19.6 Å². The normalized spacial score (nSPS) is 17.6. The average Bonchev–Trinajstić information content (AvgIpc) is 3.46. The molecule has 0 saturated carbocycles. The van der Waals surface area contributed by atoms with Crippen LogP contribution < -0.4 is 9.47 Å². The summed E-state index contributed by atoms with van der Waals surface area (Å²) in [5.41, 5.74) is 2.80. The largest absolute Gasteiger partial charge is 0.497 e. The summed E-state index contributed by atoms with van der Waals surface area (Å²) in [5, 5.41) is 13.4. The molecule has 2 atom stereocenters. The minimum atomic E-state index is -0.849. The van der Waals surface area contributed by atoms with Crippen molar-refractivity contribution in [3.63, 3.8) is 0 Å². The second kappa shape index (κ2) is 8.20. The molecule has 0 aliphatic carbocycles. The van der Waals surface area contributed by atoms with Crippen molar-refractivity contribution < 1.29 is 19.4 Å². The van der Waals surface area contributed by atoms with Crippen LogP contribution in [0.4, 0.5) is 0 Å². The summed E-state index contributed by atoms with van der Waals surface area (Å²) in [6, 6.07) is 17.2. The number of benzene rings is 3. The number of hydrogen-bond donors (Lipinski definition) is 2. The molecule has 32 heavy (non-hydrogen) atoms. The van der Waals surface area contributed by atoms with Crippen LogP contribution in [0.2, 0.25) is 0 Å². The van der Waals surface area contributed by atoms with E-state index in [1.165, 1.54) is 0 Å². The molecule has 0 radical (unpaired) electrons. The van der Waals surface area contributed by atoms with Gasteiger partial charge in [-0.3, -0.25) is 9.69 Å². The molecule has 1 aliphatic heterocycles. The minimum absolute atomic E-state index is 0.00228. The third-order valence-electron chi connectivity index (χ3n) is 6.57. The fourth-order valence-electron chi connectivity index (χ4n) is 5.12. The predicted molar refractivity (Wildman–Crippen MR) is 124 cm³/mol. The zero-order chi connectivity index (χ0) is 22.2. The number of H-pyrrole nitrogens is 1. The van der Waals surface area contributed by atoms with Gasteiger partial charge in [-0.15, -0.1) is 0 Å². The number of carboxylic acid groups (broad SMARTS) is 1. The van der Waals surface area contributed by atoms with Crippen LogP contribution in [0.25, 0.3) is 21.7 Å². The number of rotatable bonds is 6. The highest BCUT2D eigenvalue weighted by Crippen LogP contribution is 2.44. The molecule has 0 unspecified atom stereocenters. The number of fused-ring (bicyclic) bond motifs is 2. The zero-order valence-corrected chi connectivity index (χ0v) is 18.2. The first kappa shape index (κ1) is 20.4. The van der Waals surface area contributed by atoms with E-state index >= 15 is 0 Å². The first-order valence-electron chi connectivity index (χ1n) is 10.8. The summed E-state index contributed by atoms with van der Waals surface area (Å²) >= 11 is 0. The molecule has 3 aromatic carbocycles. The van der Waals surface area contributed by atoms with Crippen LogP contribution in [0.5, 0.6) is 11.5 Å². The Kier molecular flexibility index (Phi) is 5.23. The number of likely N-dealkylation sites (tertiary alicyclic amines) is 1. The molecule has 1 aliphatic rings. The van der Waals surface area contributed by atoms with Crippen molar-refractivity contribution in [1.29, 1.82) is 0 Å². The number of nitrogens with one attached hydrogen (secondary N) is 1. The molecule has 1 saturated heterocycles. The number of hydrogen-bond acceptors (Lipinski definition) is 4. The highest BCUT2D eigenvalue weighted by Gasteiger charge is 2.38. The van der Waals surface area contributed by atoms with Gasteiger partial charge in [0.25, 0.3) is 0 Å². The van der Waals surface area contributed by atoms with Crippen molar-refractivity contribution in [2.45, 2.75) is 24.9 Å². The number of carbonyl (C=O) groups is 1. The number of aliphatic carboxylic acids is 1. The average molecular weight is 431 g/mol. The summed E-state index contributed by atoms with van der Waals surface area (Å²) < 4.78 is 10.9. The van der Waals surface area contributed by atoms with Crippen LogP contribution in [0.15, 0.2) is 60.8 Å². The van der Waals surface area contributed by atoms with E-state index in [0.717, 1.165) is 57.9 Å². The standard InChI is InChI=1S/C26H26N2O4/c1-31-16-9-11-22-20(14-16)21(15-27-22)25(26(29)30)28-13-5-8-23(28)18-10-12-24(32-2)19-7-4-3-6-17(18)19/h3-4,6-7,9-12,14-15,23,25,27H,5,8,13H2,1-2H3,(H,29,30)/t23-,25+/m0/s1. The second-order valence-electron chi connectivity index (χ2n) is 8.19. The Hall–Kier alpha value is -3.51. The Morgan fingerprint density at radius 2 is 1.88 bits per heavy atom. The van der Waals surface area contributed by atoms with Gasteiger partial charge >= 0.3 is 5.97 Å². The Morgan fingerprint density at radius 3 is 2.62 bits per heavy atom. The lowest BCUT2D eigenvalue weighted by Gasteiger charge is -2.31. The maximum atomic E-state index is 12.6. The third-order valence-corrected chi connectivity index (χ3v) is 6.57. The van der Waals surface area contributed by atoms with E-state index in [1.54, 1.807) is 14.2 Å². The maximum absolute atomic E-state index is 12.6. The Bertz CT molecular complexity index is 1300. The molecule has 4 aromatic rings. The SMILES string of the molecule is COc1ccc2[nH]cc([C@H](C(=O)O)N3CCC[C@H]3c3ccc(OC)c4ccccc34)c2c1. The molecule has 6 heteroatoms. The molecular formula is C26H26N2O4. The molecule has 0 amide bonds. The van der Waals surface area contributed by atoms with Crippen molar-refractivity contribution in [3.8, 4) is 11.5 Å². The van der Waals surface area contributed by atoms with Crippen LogP contribution in [0.3, 0.4) is 0 Å². The van der Waals surface area contributed by atoms with Gasteiger partial charge in [-0.2, -0.15) is 0 Å². The summed E-state index contributed by atoms with van der Waals surface area (Å²) in [7, 11) is 3.29. The summed E-state index contributed by atoms with van der Waals surface area (Å²) in [5.74, 6) is 0.687. The lowest BCUT2D eigenvalue weighted by Crippen LogP contribution is -2.33. The van der Waals surface area contributed by atoms with Crippen LogP contribution in [-0.2, 0) is 4.79 Å². The monoisotopic (exact) mass is 430 g/mol. The number of aromatic nitrogens is 1. The number of carboxylic acids is 1. The molecule has 6 nitrogen and oxygen atoms in total. The van der Waals surface area contributed by atoms with E-state index in [9.17, 15) is 9.90 Å². The summed E-state index contributed by atoms with van der Waals surface area (Å²) in [6.07, 6.45) is 3.68. The van der Waals surface area contributed by atoms with Crippen LogP contribution >= 0.6 is 0 Å². The quantitative estimate of drug-likeness (QED) is 0.434. The van der Waals surface area contributed by atoms with Crippen molar-refractivity contribution in [3.05, 3.63) is 71.9 Å². The van der Waals surface area contributed by atoms with Crippen molar-refractivity contribution in [2.75, 3.05) is 20.8 Å². The summed E-state index contributed by atoms with van der Waals surface area (Å²) in [6.45, 7) is 0.721. The van der Waals surface area contributed by atoms with E-state index in [-0.39, 0.29) is 6.04 Å². The molecule has 1 aromatic heterocycles. The van der Waals surface area contributed by atoms with Crippen LogP contribution in [0, 0.1) is 0 Å². The lowest BCUT2D eigenvalue weighted by atomic mass is 9.94. The van der Waals surface area contributed by atoms with Crippen LogP contribution in [-0.4, -0.2) is 41.7 Å². The minimum Gasteiger partial charge on any atom is -0.497 e. The van der Waals surface area contributed by atoms with Gasteiger partial charge in [0, 0.05) is 34.1 Å². The van der Waals surface area contributed by atoms with Gasteiger partial charge in [0.2, 0.25) is 0 Å². The highest BCUT2D eigenvalue weighted by atomic mass is 16.5. The molecule has 2 N–H and O–H groups in total. The summed E-state index contributed by atoms with van der Waals surface area (Å²) in [4.78, 5) is 18.0. The Labute approximate surface area is 186 Å². The smallest absolute Gasteiger partial charge is 0.325 e. The number of methoxy groups -OCH3 is 2. The van der Waals surface area contributed by atoms with E-state index < -0.39 is 12.0 Å². The van der Waals surface area contributed by atoms with Gasteiger partial charge in [-0.25, -0.2) is 0 Å². The van der Waals surface area contributed by atoms with Gasteiger partial charge in [-0.05, 0) is 54.6 Å². The molecule has 0 bridgehead atoms. The molecular weight excluding hydrogens is 404 g/mol. The van der Waals surface area contributed by atoms with Gasteiger partial charge in [0.05, 0.1) is 14.2 Å². The predicted octanol–water partition coefficient (Wildman–Crippen LogP) is 5.30. The van der Waals surface area contributed by atoms with E-state index in [1.807, 2.05) is 42.6 Å². The molecule has 164 valence electrons. The van der Waals surface area contributed by atoms with E-state index in [0.29, 0.717) is 5.75 Å². The van der Waals surface area contributed by atoms with E-state index in [2.05, 4.69) is 28.1 Å². The third kappa shape index (κ3) is 3.28. The fraction of sp³-hybridized carbons (Fsp3) is 0.269. The molecule has 5 rings (SSSR count). The van der Waals surface area contributed by atoms with Gasteiger partial charge in [0.1, 0.15) is 17.5 Å². The first-order valence-corrected chi connectivity index (χ1v) is 10.8. The number of nitrogens with zero attached hydrogens (tertiary/aromatic N) is 1. The molecule has 1 fully saturated rings. The number of ether oxygens (including phenoxy) is 2. The van der Waals surface area contributed by atoms with Crippen molar-refractivity contribution >= 4 is 27.6 Å².